The van der Waals surface area contributed by atoms with E-state index in [1.807, 2.05) is 4.57 Å². The fraction of sp³-hybridized carbons (Fsp3) is 0.769. The number of hydrogen-bond donors (Lipinski definition) is 7. The Kier molecular flexibility index (Phi) is 23.5. The number of ether oxygens (including phenoxy) is 5. The number of hydrogen-bond acceptors (Lipinski definition) is 16. The molecule has 4 rings (SSSR count). The van der Waals surface area contributed by atoms with Crippen LogP contribution in [0.4, 0.5) is 5.82 Å². The number of carbonyl (C=O) groups excluding carboxylic acids is 1. The Balaban J connectivity index is 0.000000455. The number of aliphatic hydroxyl groups excluding tert-OH is 4. The minimum absolute atomic E-state index is 0. The number of aromatic nitrogens is 4. The van der Waals surface area contributed by atoms with Gasteiger partial charge in [-0.05, 0) is 25.7 Å². The Labute approximate surface area is 310 Å². The zero-order chi connectivity index (χ0) is 33.0. The molecule has 2 aliphatic rings. The van der Waals surface area contributed by atoms with E-state index in [9.17, 15) is 20.1 Å². The van der Waals surface area contributed by atoms with E-state index in [1.165, 1.54) is 6.33 Å². The van der Waals surface area contributed by atoms with E-state index in [2.05, 4.69) is 33.1 Å². The van der Waals surface area contributed by atoms with Crippen molar-refractivity contribution in [2.24, 2.45) is 0 Å². The number of nitrogens with one attached hydrogen (secondary N) is 1. The normalized spacial score (nSPS) is 23.9. The largest absolute Gasteiger partial charge is 1.00 e. The molecule has 2 saturated heterocycles. The summed E-state index contributed by atoms with van der Waals surface area (Å²) in [5.74, 6) is 0.278. The first kappa shape index (κ1) is 43.1. The van der Waals surface area contributed by atoms with Crippen LogP contribution in [0, 0.1) is 0 Å². The van der Waals surface area contributed by atoms with Crippen LogP contribution in [0.2, 0.25) is 0 Å². The molecule has 1 amide bonds. The van der Waals surface area contributed by atoms with Crippen molar-refractivity contribution in [1.29, 1.82) is 0 Å². The fourth-order valence-corrected chi connectivity index (χ4v) is 4.51. The summed E-state index contributed by atoms with van der Waals surface area (Å²) >= 11 is 0. The monoisotopic (exact) mass is 682 g/mol. The molecule has 0 aliphatic carbocycles. The SMILES string of the molecule is Nc1ncnc2c1ncn2C1CCC(C[O-])O1.O=C(CCCCOC1CC(O)C(O)C(CO)O1)NCCOCCOCO.[B]O.[K+]. The first-order valence-corrected chi connectivity index (χ1v) is 14.6. The Hall–Kier alpha value is -0.919. The van der Waals surface area contributed by atoms with Gasteiger partial charge in [-0.1, -0.05) is 0 Å². The number of imidazole rings is 1. The van der Waals surface area contributed by atoms with Gasteiger partial charge in [0.15, 0.2) is 17.8 Å². The molecule has 2 radical (unpaired) electrons. The van der Waals surface area contributed by atoms with Crippen LogP contribution in [-0.2, 0) is 28.5 Å². The number of nitrogen functional groups attached to an aromatic ring is 1. The Morgan fingerprint density at radius 3 is 2.54 bits per heavy atom. The Bertz CT molecular complexity index is 1100. The zero-order valence-corrected chi connectivity index (χ0v) is 29.2. The molecule has 6 unspecified atom stereocenters. The van der Waals surface area contributed by atoms with Crippen LogP contribution in [0.1, 0.15) is 44.8 Å². The van der Waals surface area contributed by atoms with Crippen molar-refractivity contribution in [1.82, 2.24) is 24.8 Å². The summed E-state index contributed by atoms with van der Waals surface area (Å²) in [7, 11) is 3.50. The zero-order valence-electron chi connectivity index (χ0n) is 26.1. The third kappa shape index (κ3) is 14.7. The molecule has 20 heteroatoms. The van der Waals surface area contributed by atoms with Gasteiger partial charge in [-0.15, -0.1) is 6.61 Å². The van der Waals surface area contributed by atoms with Crippen LogP contribution in [0.25, 0.3) is 11.2 Å². The molecule has 0 spiro atoms. The Morgan fingerprint density at radius 2 is 1.85 bits per heavy atom. The van der Waals surface area contributed by atoms with Crippen molar-refractivity contribution in [3.63, 3.8) is 0 Å². The summed E-state index contributed by atoms with van der Waals surface area (Å²) < 4.78 is 28.1. The van der Waals surface area contributed by atoms with Gasteiger partial charge in [-0.25, -0.2) is 15.0 Å². The molecule has 18 nitrogen and oxygen atoms in total. The topological polar surface area (TPSA) is 269 Å². The van der Waals surface area contributed by atoms with Crippen molar-refractivity contribution < 1.29 is 110 Å². The summed E-state index contributed by atoms with van der Waals surface area (Å²) in [5, 5.41) is 56.8. The molecule has 8 N–H and O–H groups in total. The summed E-state index contributed by atoms with van der Waals surface area (Å²) in [6.07, 6.45) is 2.36. The minimum atomic E-state index is -1.12. The molecule has 4 heterocycles. The van der Waals surface area contributed by atoms with Crippen LogP contribution in [0.5, 0.6) is 0 Å². The van der Waals surface area contributed by atoms with E-state index in [0.29, 0.717) is 69.2 Å². The standard InChI is InChI=1S/C16H31NO9.C10H12N5O2.BHO.K/c18-10-13-16(22)12(20)9-15(26-13)25-5-2-1-3-14(21)17-4-6-23-7-8-24-11-19;11-9-8-10(13-4-12-9)15(5-14-8)7-2-1-6(3-16)17-7;1-2;/h12-13,15-16,18-20,22H,1-11H2,(H,17,21);4-7H,1-3H2,(H2,11,12,13);2H;/q;-1;;+1. The predicted octanol–water partition coefficient (Wildman–Crippen LogP) is -6.39. The van der Waals surface area contributed by atoms with Crippen molar-refractivity contribution >= 4 is 30.9 Å². The number of anilines is 1. The van der Waals surface area contributed by atoms with Crippen LogP contribution < -0.4 is 67.5 Å². The molecule has 2 aromatic rings. The second kappa shape index (κ2) is 25.1. The van der Waals surface area contributed by atoms with Gasteiger partial charge in [0.25, 0.3) is 8.05 Å². The van der Waals surface area contributed by atoms with Crippen LogP contribution >= 0.6 is 0 Å². The number of aliphatic hydroxyl groups is 4. The molecule has 46 heavy (non-hydrogen) atoms. The molecule has 6 atom stereocenters. The van der Waals surface area contributed by atoms with Gasteiger partial charge in [-0.2, -0.15) is 0 Å². The van der Waals surface area contributed by atoms with Crippen molar-refractivity contribution in [3.05, 3.63) is 12.7 Å². The minimum Gasteiger partial charge on any atom is -0.853 e. The fourth-order valence-electron chi connectivity index (χ4n) is 4.51. The third-order valence-corrected chi connectivity index (χ3v) is 6.82. The van der Waals surface area contributed by atoms with Gasteiger partial charge in [-0.3, -0.25) is 9.36 Å². The number of nitrogens with two attached hydrogens (primary N) is 1. The van der Waals surface area contributed by atoms with E-state index in [1.54, 1.807) is 6.33 Å². The van der Waals surface area contributed by atoms with Crippen LogP contribution in [0.3, 0.4) is 0 Å². The maximum Gasteiger partial charge on any atom is 1.00 e. The predicted molar refractivity (Wildman–Crippen MR) is 155 cm³/mol. The first-order valence-electron chi connectivity index (χ1n) is 14.6. The van der Waals surface area contributed by atoms with Crippen LogP contribution in [-0.4, -0.2) is 143 Å². The van der Waals surface area contributed by atoms with E-state index in [4.69, 9.17) is 39.9 Å². The molecule has 0 bridgehead atoms. The number of rotatable bonds is 16. The van der Waals surface area contributed by atoms with E-state index in [0.717, 1.165) is 12.8 Å². The quantitative estimate of drug-likeness (QED) is 0.0493. The second-order valence-electron chi connectivity index (χ2n) is 9.95. The Morgan fingerprint density at radius 1 is 1.09 bits per heavy atom. The average Bonchev–Trinajstić information content (AvgIpc) is 3.71. The van der Waals surface area contributed by atoms with E-state index < -0.39 is 31.2 Å². The van der Waals surface area contributed by atoms with Crippen molar-refractivity contribution in [3.8, 4) is 0 Å². The van der Waals surface area contributed by atoms with Gasteiger partial charge in [0.05, 0.1) is 38.9 Å². The number of fused-ring (bicyclic) bond motifs is 1. The number of unbranched alkanes of at least 4 members (excludes halogenated alkanes) is 1. The molecule has 254 valence electrons. The number of amides is 1. The smallest absolute Gasteiger partial charge is 0.853 e. The summed E-state index contributed by atoms with van der Waals surface area (Å²) in [6.45, 7) is 0.880. The number of carbonyl (C=O) groups is 1. The maximum atomic E-state index is 11.6. The molecule has 0 aromatic carbocycles. The maximum absolute atomic E-state index is 11.6. The van der Waals surface area contributed by atoms with Gasteiger partial charge in [0, 0.05) is 32.1 Å². The summed E-state index contributed by atoms with van der Waals surface area (Å²) in [5.41, 5.74) is 6.92. The van der Waals surface area contributed by atoms with Crippen molar-refractivity contribution in [2.45, 2.75) is 75.5 Å². The van der Waals surface area contributed by atoms with E-state index >= 15 is 0 Å². The second-order valence-corrected chi connectivity index (χ2v) is 9.95. The summed E-state index contributed by atoms with van der Waals surface area (Å²) in [4.78, 5) is 23.8. The first-order chi connectivity index (χ1) is 21.9. The van der Waals surface area contributed by atoms with E-state index in [-0.39, 0.29) is 89.4 Å². The van der Waals surface area contributed by atoms with Gasteiger partial charge in [0.2, 0.25) is 5.91 Å². The molecule has 0 saturated carbocycles. The molecule has 2 aliphatic heterocycles. The number of nitrogens with zero attached hydrogens (tertiary/aromatic N) is 4. The molecule has 2 fully saturated rings. The third-order valence-electron chi connectivity index (χ3n) is 6.82. The van der Waals surface area contributed by atoms with Crippen LogP contribution in [0.15, 0.2) is 12.7 Å². The molecular formula is C26H44BKN6O12. The van der Waals surface area contributed by atoms with Gasteiger partial charge < -0.3 is 65.3 Å². The van der Waals surface area contributed by atoms with Gasteiger partial charge >= 0.3 is 51.4 Å². The molecule has 2 aromatic heterocycles. The van der Waals surface area contributed by atoms with Crippen molar-refractivity contribution in [2.75, 3.05) is 58.7 Å². The molecular weight excluding hydrogens is 638 g/mol. The van der Waals surface area contributed by atoms with Gasteiger partial charge in [0.1, 0.15) is 37.1 Å². The summed E-state index contributed by atoms with van der Waals surface area (Å²) in [6, 6.07) is 0. The average molecular weight is 683 g/mol.